The smallest absolute Gasteiger partial charge is 0.0788 e. The predicted octanol–water partition coefficient (Wildman–Crippen LogP) is 5.94. The Morgan fingerprint density at radius 2 is 1.61 bits per heavy atom. The summed E-state index contributed by atoms with van der Waals surface area (Å²) in [5.74, 6) is 0. The van der Waals surface area contributed by atoms with E-state index in [-0.39, 0.29) is 5.41 Å². The van der Waals surface area contributed by atoms with Gasteiger partial charge in [0, 0.05) is 16.7 Å². The van der Waals surface area contributed by atoms with Crippen LogP contribution in [0.2, 0.25) is 0 Å². The molecular formula is C22H21N. The number of nitrogens with zero attached hydrogens (tertiary/aromatic N) is 1. The van der Waals surface area contributed by atoms with Gasteiger partial charge in [-0.25, -0.2) is 4.99 Å². The predicted molar refractivity (Wildman–Crippen MR) is 99.3 cm³/mol. The molecule has 1 heterocycles. The van der Waals surface area contributed by atoms with Crippen LogP contribution in [0.4, 0.5) is 5.69 Å². The summed E-state index contributed by atoms with van der Waals surface area (Å²) in [6.45, 7) is 6.78. The van der Waals surface area contributed by atoms with E-state index < -0.39 is 0 Å². The molecule has 0 saturated heterocycles. The lowest BCUT2D eigenvalue weighted by atomic mass is 9.83. The average Bonchev–Trinajstić information content (AvgIpc) is 2.92. The molecule has 2 aromatic rings. The van der Waals surface area contributed by atoms with Crippen LogP contribution in [0.1, 0.15) is 43.9 Å². The van der Waals surface area contributed by atoms with Crippen LogP contribution >= 0.6 is 0 Å². The van der Waals surface area contributed by atoms with Gasteiger partial charge >= 0.3 is 0 Å². The van der Waals surface area contributed by atoms with E-state index >= 15 is 0 Å². The second-order valence-corrected chi connectivity index (χ2v) is 7.28. The Hall–Kier alpha value is -2.41. The Kier molecular flexibility index (Phi) is 3.12. The molecule has 0 unspecified atom stereocenters. The second kappa shape index (κ2) is 5.06. The molecule has 2 aromatic carbocycles. The van der Waals surface area contributed by atoms with Gasteiger partial charge in [-0.3, -0.25) is 0 Å². The first-order chi connectivity index (χ1) is 11.0. The van der Waals surface area contributed by atoms with Crippen LogP contribution in [0.15, 0.2) is 65.7 Å². The molecule has 4 rings (SSSR count). The third-order valence-corrected chi connectivity index (χ3v) is 4.62. The minimum atomic E-state index is 0.158. The summed E-state index contributed by atoms with van der Waals surface area (Å²) in [4.78, 5) is 4.93. The highest BCUT2D eigenvalue weighted by molar-refractivity contribution is 6.48. The normalized spacial score (nSPS) is 16.2. The van der Waals surface area contributed by atoms with Gasteiger partial charge in [-0.1, -0.05) is 69.3 Å². The van der Waals surface area contributed by atoms with E-state index in [1.807, 2.05) is 0 Å². The Bertz CT molecular complexity index is 859. The third kappa shape index (κ3) is 2.37. The molecule has 0 aromatic heterocycles. The number of rotatable bonds is 1. The van der Waals surface area contributed by atoms with Gasteiger partial charge in [-0.15, -0.1) is 0 Å². The van der Waals surface area contributed by atoms with E-state index in [1.165, 1.54) is 27.8 Å². The molecule has 0 bridgehead atoms. The van der Waals surface area contributed by atoms with Crippen molar-refractivity contribution < 1.29 is 0 Å². The number of benzene rings is 2. The Morgan fingerprint density at radius 3 is 2.35 bits per heavy atom. The maximum Gasteiger partial charge on any atom is 0.0788 e. The van der Waals surface area contributed by atoms with Gasteiger partial charge < -0.3 is 0 Å². The molecule has 0 spiro atoms. The molecule has 0 N–H and O–H groups in total. The summed E-state index contributed by atoms with van der Waals surface area (Å²) in [6, 6.07) is 17.3. The van der Waals surface area contributed by atoms with E-state index in [4.69, 9.17) is 4.99 Å². The van der Waals surface area contributed by atoms with Crippen molar-refractivity contribution in [3.63, 3.8) is 0 Å². The van der Waals surface area contributed by atoms with Crippen molar-refractivity contribution in [2.45, 2.75) is 32.6 Å². The third-order valence-electron chi connectivity index (χ3n) is 4.62. The van der Waals surface area contributed by atoms with E-state index in [0.29, 0.717) is 0 Å². The fraction of sp³-hybridized carbons (Fsp3) is 0.227. The summed E-state index contributed by atoms with van der Waals surface area (Å²) >= 11 is 0. The first kappa shape index (κ1) is 14.2. The fourth-order valence-corrected chi connectivity index (χ4v) is 3.30. The zero-order valence-electron chi connectivity index (χ0n) is 13.9. The Morgan fingerprint density at radius 1 is 0.870 bits per heavy atom. The lowest BCUT2D eigenvalue weighted by Gasteiger charge is -2.20. The SMILES string of the molecule is CC(C)(C)c1ccc2c(c1)C1=CCC=C(c3ccccc3)C1=N2. The summed E-state index contributed by atoms with van der Waals surface area (Å²) < 4.78 is 0. The van der Waals surface area contributed by atoms with Crippen molar-refractivity contribution in [2.75, 3.05) is 0 Å². The number of hydrogen-bond acceptors (Lipinski definition) is 1. The molecule has 0 amide bonds. The van der Waals surface area contributed by atoms with E-state index in [1.54, 1.807) is 0 Å². The molecule has 1 aliphatic heterocycles. The summed E-state index contributed by atoms with van der Waals surface area (Å²) in [7, 11) is 0. The van der Waals surface area contributed by atoms with Crippen LogP contribution in [0.3, 0.4) is 0 Å². The largest absolute Gasteiger partial charge is 0.247 e. The van der Waals surface area contributed by atoms with Crippen LogP contribution in [-0.2, 0) is 5.41 Å². The molecule has 0 fully saturated rings. The highest BCUT2D eigenvalue weighted by Gasteiger charge is 2.27. The average molecular weight is 299 g/mol. The zero-order valence-corrected chi connectivity index (χ0v) is 13.9. The van der Waals surface area contributed by atoms with Gasteiger partial charge in [-0.05, 0) is 35.1 Å². The van der Waals surface area contributed by atoms with E-state index in [0.717, 1.165) is 17.8 Å². The van der Waals surface area contributed by atoms with Crippen LogP contribution in [0.25, 0.3) is 11.1 Å². The lowest BCUT2D eigenvalue weighted by molar-refractivity contribution is 0.590. The topological polar surface area (TPSA) is 12.4 Å². The van der Waals surface area contributed by atoms with Crippen LogP contribution in [-0.4, -0.2) is 5.71 Å². The number of hydrogen-bond donors (Lipinski definition) is 0. The molecule has 2 aliphatic rings. The maximum absolute atomic E-state index is 4.93. The van der Waals surface area contributed by atoms with Gasteiger partial charge in [0.1, 0.15) is 0 Å². The molecule has 1 nitrogen and oxygen atoms in total. The van der Waals surface area contributed by atoms with Crippen molar-refractivity contribution in [2.24, 2.45) is 4.99 Å². The van der Waals surface area contributed by atoms with Gasteiger partial charge in [0.05, 0.1) is 11.4 Å². The molecule has 0 atom stereocenters. The zero-order chi connectivity index (χ0) is 16.0. The molecule has 0 saturated carbocycles. The summed E-state index contributed by atoms with van der Waals surface area (Å²) in [6.07, 6.45) is 5.57. The maximum atomic E-state index is 4.93. The molecule has 1 heteroatoms. The second-order valence-electron chi connectivity index (χ2n) is 7.28. The molecular weight excluding hydrogens is 278 g/mol. The van der Waals surface area contributed by atoms with Gasteiger partial charge in [0.2, 0.25) is 0 Å². The monoisotopic (exact) mass is 299 g/mol. The number of fused-ring (bicyclic) bond motifs is 3. The standard InChI is InChI=1S/C22H21N/c1-22(2,3)16-12-13-20-19(14-16)18-11-7-10-17(21(18)23-20)15-8-5-4-6-9-15/h4-6,8-14H,7H2,1-3H3. The Balaban J connectivity index is 1.79. The molecule has 1 aliphatic carbocycles. The van der Waals surface area contributed by atoms with Crippen LogP contribution in [0.5, 0.6) is 0 Å². The van der Waals surface area contributed by atoms with Gasteiger partial charge in [0.15, 0.2) is 0 Å². The van der Waals surface area contributed by atoms with E-state index in [9.17, 15) is 0 Å². The lowest BCUT2D eigenvalue weighted by Crippen LogP contribution is -2.11. The first-order valence-electron chi connectivity index (χ1n) is 8.24. The molecule has 0 radical (unpaired) electrons. The minimum absolute atomic E-state index is 0.158. The Labute approximate surface area is 138 Å². The highest BCUT2D eigenvalue weighted by Crippen LogP contribution is 2.43. The van der Waals surface area contributed by atoms with Crippen molar-refractivity contribution in [3.05, 3.63) is 77.4 Å². The summed E-state index contributed by atoms with van der Waals surface area (Å²) in [5.41, 5.74) is 8.85. The molecule has 23 heavy (non-hydrogen) atoms. The molecule has 114 valence electrons. The van der Waals surface area contributed by atoms with Crippen molar-refractivity contribution in [1.29, 1.82) is 0 Å². The van der Waals surface area contributed by atoms with E-state index in [2.05, 4.69) is 81.5 Å². The van der Waals surface area contributed by atoms with Gasteiger partial charge in [-0.2, -0.15) is 0 Å². The number of aliphatic imine (C=N–C) groups is 1. The quantitative estimate of drug-likeness (QED) is 0.618. The van der Waals surface area contributed by atoms with Crippen molar-refractivity contribution in [1.82, 2.24) is 0 Å². The minimum Gasteiger partial charge on any atom is -0.247 e. The highest BCUT2D eigenvalue weighted by atomic mass is 14.8. The summed E-state index contributed by atoms with van der Waals surface area (Å²) in [5, 5.41) is 0. The van der Waals surface area contributed by atoms with Crippen LogP contribution < -0.4 is 0 Å². The number of allylic oxidation sites excluding steroid dienone is 4. The van der Waals surface area contributed by atoms with Crippen molar-refractivity contribution >= 4 is 22.5 Å². The first-order valence-corrected chi connectivity index (χ1v) is 8.24. The van der Waals surface area contributed by atoms with Crippen molar-refractivity contribution in [3.8, 4) is 0 Å². The van der Waals surface area contributed by atoms with Gasteiger partial charge in [0.25, 0.3) is 0 Å². The van der Waals surface area contributed by atoms with Crippen LogP contribution in [0, 0.1) is 0 Å². The fourth-order valence-electron chi connectivity index (χ4n) is 3.30.